The minimum absolute atomic E-state index is 0.0165. The van der Waals surface area contributed by atoms with Gasteiger partial charge in [-0.1, -0.05) is 130 Å². The molecule has 2 unspecified atom stereocenters. The summed E-state index contributed by atoms with van der Waals surface area (Å²) in [6.45, 7) is 13.5. The Morgan fingerprint density at radius 3 is 1.64 bits per heavy atom. The molecule has 2 aromatic carbocycles. The second kappa shape index (κ2) is 9.81. The second-order valence-corrected chi connectivity index (χ2v) is 15.3. The van der Waals surface area contributed by atoms with Crippen molar-refractivity contribution in [2.24, 2.45) is 5.73 Å². The van der Waals surface area contributed by atoms with Gasteiger partial charge in [0.05, 0.1) is 5.54 Å². The zero-order valence-electron chi connectivity index (χ0n) is 23.1. The Morgan fingerprint density at radius 2 is 1.11 bits per heavy atom. The van der Waals surface area contributed by atoms with E-state index in [9.17, 15) is 5.11 Å². The van der Waals surface area contributed by atoms with Gasteiger partial charge in [-0.2, -0.15) is 0 Å². The molecule has 2 atom stereocenters. The van der Waals surface area contributed by atoms with Crippen LogP contribution in [0.2, 0.25) is 0 Å². The van der Waals surface area contributed by atoms with Crippen molar-refractivity contribution >= 4 is 31.9 Å². The molecule has 2 nitrogen and oxygen atoms in total. The summed E-state index contributed by atoms with van der Waals surface area (Å²) in [7, 11) is 0. The first-order valence-electron chi connectivity index (χ1n) is 13.8. The topological polar surface area (TPSA) is 46.2 Å². The van der Waals surface area contributed by atoms with Gasteiger partial charge in [0.15, 0.2) is 0 Å². The summed E-state index contributed by atoms with van der Waals surface area (Å²) >= 11 is 7.60. The van der Waals surface area contributed by atoms with Gasteiger partial charge in [0.25, 0.3) is 0 Å². The predicted molar refractivity (Wildman–Crippen MR) is 160 cm³/mol. The van der Waals surface area contributed by atoms with Crippen LogP contribution in [0.1, 0.15) is 122 Å². The van der Waals surface area contributed by atoms with Gasteiger partial charge in [-0.25, -0.2) is 0 Å². The third-order valence-corrected chi connectivity index (χ3v) is 10.6. The molecule has 0 amide bonds. The highest BCUT2D eigenvalue weighted by atomic mass is 79.9. The van der Waals surface area contributed by atoms with E-state index in [1.54, 1.807) is 0 Å². The lowest BCUT2D eigenvalue weighted by atomic mass is 9.48. The molecule has 198 valence electrons. The maximum Gasteiger partial charge on any atom is 0.108 e. The Morgan fingerprint density at radius 1 is 0.667 bits per heavy atom. The molecule has 3 N–H and O–H groups in total. The minimum Gasteiger partial charge on any atom is -0.383 e. The van der Waals surface area contributed by atoms with Crippen LogP contribution in [0.4, 0.5) is 0 Å². The maximum absolute atomic E-state index is 12.9. The summed E-state index contributed by atoms with van der Waals surface area (Å²) in [5, 5.41) is 12.9. The van der Waals surface area contributed by atoms with Crippen molar-refractivity contribution in [3.8, 4) is 0 Å². The van der Waals surface area contributed by atoms with Crippen LogP contribution in [0.5, 0.6) is 0 Å². The van der Waals surface area contributed by atoms with E-state index < -0.39 is 11.1 Å². The largest absolute Gasteiger partial charge is 0.383 e. The fraction of sp³-hybridized carbons (Fsp3) is 0.625. The third-order valence-electron chi connectivity index (χ3n) is 9.24. The number of hydrogen-bond acceptors (Lipinski definition) is 2. The van der Waals surface area contributed by atoms with Crippen molar-refractivity contribution < 1.29 is 5.11 Å². The summed E-state index contributed by atoms with van der Waals surface area (Å²) in [5.41, 5.74) is 10.4. The van der Waals surface area contributed by atoms with Gasteiger partial charge in [-0.15, -0.1) is 0 Å². The Hall–Kier alpha value is -0.680. The lowest BCUT2D eigenvalue weighted by Crippen LogP contribution is -2.71. The molecular weight excluding hydrogens is 574 g/mol. The molecule has 0 heterocycles. The van der Waals surface area contributed by atoms with Crippen LogP contribution in [0, 0.1) is 0 Å². The molecule has 4 rings (SSSR count). The first-order valence-corrected chi connectivity index (χ1v) is 15.4. The summed E-state index contributed by atoms with van der Waals surface area (Å²) in [5.74, 6) is 0. The maximum atomic E-state index is 12.9. The molecule has 0 radical (unpaired) electrons. The Balaban J connectivity index is 1.95. The number of hydrogen-bond donors (Lipinski definition) is 2. The molecular formula is C32H45Br2NO. The molecule has 2 aromatic rings. The van der Waals surface area contributed by atoms with Crippen LogP contribution in [-0.4, -0.2) is 10.6 Å². The molecule has 2 saturated carbocycles. The molecule has 36 heavy (non-hydrogen) atoms. The Bertz CT molecular complexity index is 1110. The van der Waals surface area contributed by atoms with Gasteiger partial charge in [0.1, 0.15) is 5.60 Å². The second-order valence-electron chi connectivity index (χ2n) is 13.6. The van der Waals surface area contributed by atoms with E-state index in [1.807, 2.05) is 0 Å². The standard InChI is InChI=1S/C32H45Br2NO/c1-28(2,3)24-20-22(12-14-26(24)33)30(16-8-7-9-17-30)32(35)19-11-10-18-31(32,36)23-13-15-27(34)25(21-23)29(4,5)6/h12-15,20-21,36H,7-11,16-19,35H2,1-6H3. The lowest BCUT2D eigenvalue weighted by molar-refractivity contribution is -0.115. The molecule has 2 aliphatic carbocycles. The fourth-order valence-corrected chi connectivity index (χ4v) is 8.84. The van der Waals surface area contributed by atoms with Crippen molar-refractivity contribution in [1.29, 1.82) is 0 Å². The number of halogens is 2. The smallest absolute Gasteiger partial charge is 0.108 e. The van der Waals surface area contributed by atoms with Gasteiger partial charge in [-0.3, -0.25) is 0 Å². The minimum atomic E-state index is -1.09. The molecule has 2 fully saturated rings. The first kappa shape index (κ1) is 28.3. The average Bonchev–Trinajstić information content (AvgIpc) is 2.80. The van der Waals surface area contributed by atoms with Gasteiger partial charge in [-0.05, 0) is 70.9 Å². The van der Waals surface area contributed by atoms with Gasteiger partial charge >= 0.3 is 0 Å². The summed E-state index contributed by atoms with van der Waals surface area (Å²) < 4.78 is 2.24. The Labute approximate surface area is 236 Å². The van der Waals surface area contributed by atoms with Crippen LogP contribution >= 0.6 is 31.9 Å². The lowest BCUT2D eigenvalue weighted by Gasteiger charge is -2.60. The summed E-state index contributed by atoms with van der Waals surface area (Å²) in [4.78, 5) is 0. The van der Waals surface area contributed by atoms with E-state index in [2.05, 4.69) is 110 Å². The van der Waals surface area contributed by atoms with Gasteiger partial charge < -0.3 is 10.8 Å². The van der Waals surface area contributed by atoms with Crippen LogP contribution in [-0.2, 0) is 21.8 Å². The molecule has 0 aliphatic heterocycles. The van der Waals surface area contributed by atoms with Crippen molar-refractivity contribution in [2.75, 3.05) is 0 Å². The van der Waals surface area contributed by atoms with E-state index in [0.29, 0.717) is 6.42 Å². The van der Waals surface area contributed by atoms with Crippen LogP contribution in [0.15, 0.2) is 45.3 Å². The van der Waals surface area contributed by atoms with Crippen molar-refractivity contribution in [1.82, 2.24) is 0 Å². The molecule has 0 saturated heterocycles. The summed E-state index contributed by atoms with van der Waals surface area (Å²) in [6, 6.07) is 13.4. The highest BCUT2D eigenvalue weighted by Crippen LogP contribution is 2.58. The normalized spacial score (nSPS) is 27.2. The van der Waals surface area contributed by atoms with Gasteiger partial charge in [0, 0.05) is 14.4 Å². The quantitative estimate of drug-likeness (QED) is 0.360. The highest BCUT2D eigenvalue weighted by molar-refractivity contribution is 9.10. The number of rotatable bonds is 3. The molecule has 0 bridgehead atoms. The molecule has 4 heteroatoms. The zero-order chi connectivity index (χ0) is 26.6. The fourth-order valence-electron chi connectivity index (χ4n) is 7.15. The SMILES string of the molecule is CC(C)(C)c1cc(C2(O)CCCCC2(N)C2(c3ccc(Br)c(C(C)(C)C)c3)CCCCC2)ccc1Br. The number of benzene rings is 2. The van der Waals surface area contributed by atoms with Crippen LogP contribution in [0.3, 0.4) is 0 Å². The van der Waals surface area contributed by atoms with E-state index in [0.717, 1.165) is 59.5 Å². The van der Waals surface area contributed by atoms with Crippen LogP contribution < -0.4 is 5.73 Å². The molecule has 2 aliphatic rings. The number of aliphatic hydroxyl groups is 1. The van der Waals surface area contributed by atoms with Crippen LogP contribution in [0.25, 0.3) is 0 Å². The first-order chi connectivity index (χ1) is 16.7. The average molecular weight is 620 g/mol. The predicted octanol–water partition coefficient (Wildman–Crippen LogP) is 9.17. The van der Waals surface area contributed by atoms with E-state index in [1.165, 1.54) is 23.1 Å². The van der Waals surface area contributed by atoms with Crippen molar-refractivity contribution in [2.45, 2.75) is 127 Å². The van der Waals surface area contributed by atoms with E-state index in [-0.39, 0.29) is 16.2 Å². The summed E-state index contributed by atoms with van der Waals surface area (Å²) in [6.07, 6.45) is 9.22. The van der Waals surface area contributed by atoms with Gasteiger partial charge in [0.2, 0.25) is 0 Å². The monoisotopic (exact) mass is 617 g/mol. The zero-order valence-corrected chi connectivity index (χ0v) is 26.3. The number of nitrogens with two attached hydrogens (primary N) is 1. The Kier molecular flexibility index (Phi) is 7.72. The van der Waals surface area contributed by atoms with E-state index in [4.69, 9.17) is 5.73 Å². The third kappa shape index (κ3) is 4.67. The highest BCUT2D eigenvalue weighted by Gasteiger charge is 2.62. The molecule has 0 spiro atoms. The van der Waals surface area contributed by atoms with Crippen molar-refractivity contribution in [3.63, 3.8) is 0 Å². The van der Waals surface area contributed by atoms with E-state index >= 15 is 0 Å². The molecule has 0 aromatic heterocycles. The van der Waals surface area contributed by atoms with Crippen molar-refractivity contribution in [3.05, 3.63) is 67.6 Å².